The van der Waals surface area contributed by atoms with Crippen molar-refractivity contribution in [2.75, 3.05) is 19.7 Å². The van der Waals surface area contributed by atoms with Crippen molar-refractivity contribution in [3.8, 4) is 5.75 Å². The Morgan fingerprint density at radius 2 is 1.90 bits per heavy atom. The number of fused-ring (bicyclic) bond motifs is 1. The van der Waals surface area contributed by atoms with Crippen molar-refractivity contribution in [3.63, 3.8) is 0 Å². The molecule has 5 heteroatoms. The van der Waals surface area contributed by atoms with Crippen molar-refractivity contribution < 1.29 is 14.6 Å². The molecule has 1 aromatic heterocycles. The fraction of sp³-hybridized carbons (Fsp3) is 0.375. The van der Waals surface area contributed by atoms with Gasteiger partial charge in [-0.2, -0.15) is 0 Å². The fourth-order valence-electron chi connectivity index (χ4n) is 4.30. The molecule has 29 heavy (non-hydrogen) atoms. The van der Waals surface area contributed by atoms with Gasteiger partial charge in [0.2, 0.25) is 0 Å². The van der Waals surface area contributed by atoms with Gasteiger partial charge in [-0.25, -0.2) is 0 Å². The molecule has 4 rings (SSSR count). The number of nitrogens with zero attached hydrogens (tertiary/aromatic N) is 2. The van der Waals surface area contributed by atoms with E-state index in [9.17, 15) is 9.90 Å². The van der Waals surface area contributed by atoms with Gasteiger partial charge in [-0.1, -0.05) is 29.8 Å². The van der Waals surface area contributed by atoms with Gasteiger partial charge in [0.25, 0.3) is 5.91 Å². The Kier molecular flexibility index (Phi) is 4.87. The zero-order valence-electron chi connectivity index (χ0n) is 17.5. The van der Waals surface area contributed by atoms with Crippen LogP contribution in [0, 0.1) is 13.8 Å². The first-order valence-electron chi connectivity index (χ1n) is 10.1. The number of aromatic nitrogens is 1. The largest absolute Gasteiger partial charge is 0.494 e. The first-order valence-corrected chi connectivity index (χ1v) is 10.1. The van der Waals surface area contributed by atoms with E-state index in [1.807, 2.05) is 74.9 Å². The highest BCUT2D eigenvalue weighted by atomic mass is 16.5. The van der Waals surface area contributed by atoms with Crippen molar-refractivity contribution in [3.05, 3.63) is 64.8 Å². The Hall–Kier alpha value is -2.79. The minimum Gasteiger partial charge on any atom is -0.494 e. The van der Waals surface area contributed by atoms with Crippen molar-refractivity contribution in [2.24, 2.45) is 7.05 Å². The van der Waals surface area contributed by atoms with E-state index in [2.05, 4.69) is 0 Å². The second-order valence-corrected chi connectivity index (χ2v) is 8.01. The van der Waals surface area contributed by atoms with Crippen molar-refractivity contribution in [1.82, 2.24) is 9.47 Å². The van der Waals surface area contributed by atoms with Crippen molar-refractivity contribution >= 4 is 16.8 Å². The Labute approximate surface area is 171 Å². The van der Waals surface area contributed by atoms with Crippen LogP contribution in [-0.2, 0) is 12.6 Å². The number of aryl methyl sites for hydroxylation is 2. The summed E-state index contributed by atoms with van der Waals surface area (Å²) in [7, 11) is 1.97. The zero-order chi connectivity index (χ0) is 20.8. The first kappa shape index (κ1) is 19.5. The van der Waals surface area contributed by atoms with E-state index in [4.69, 9.17) is 4.74 Å². The van der Waals surface area contributed by atoms with Gasteiger partial charge in [0.1, 0.15) is 11.4 Å². The number of likely N-dealkylation sites (tertiary alicyclic amines) is 1. The summed E-state index contributed by atoms with van der Waals surface area (Å²) in [5, 5.41) is 12.1. The third kappa shape index (κ3) is 3.29. The number of carbonyl (C=O) groups excluding carboxylic acids is 1. The SMILES string of the molecule is CCOc1ccc2c(c1)c(C(=O)N1CCC(O)(c3ccc(C)cc3)C1)c(C)n2C. The van der Waals surface area contributed by atoms with Gasteiger partial charge in [0.05, 0.1) is 18.7 Å². The van der Waals surface area contributed by atoms with Crippen LogP contribution in [0.2, 0.25) is 0 Å². The molecule has 0 saturated carbocycles. The molecule has 0 spiro atoms. The molecular formula is C24H28N2O3. The summed E-state index contributed by atoms with van der Waals surface area (Å²) in [6, 6.07) is 13.8. The van der Waals surface area contributed by atoms with Gasteiger partial charge in [0.15, 0.2) is 0 Å². The third-order valence-electron chi connectivity index (χ3n) is 6.11. The number of amides is 1. The van der Waals surface area contributed by atoms with Gasteiger partial charge in [-0.15, -0.1) is 0 Å². The second-order valence-electron chi connectivity index (χ2n) is 8.01. The van der Waals surface area contributed by atoms with Crippen LogP contribution in [0.15, 0.2) is 42.5 Å². The quantitative estimate of drug-likeness (QED) is 0.732. The molecule has 1 fully saturated rings. The predicted molar refractivity (Wildman–Crippen MR) is 114 cm³/mol. The van der Waals surface area contributed by atoms with E-state index in [-0.39, 0.29) is 5.91 Å². The second kappa shape index (κ2) is 7.23. The maximum Gasteiger partial charge on any atom is 0.256 e. The predicted octanol–water partition coefficient (Wildman–Crippen LogP) is 3.93. The molecule has 1 aliphatic rings. The fourth-order valence-corrected chi connectivity index (χ4v) is 4.30. The molecular weight excluding hydrogens is 364 g/mol. The highest BCUT2D eigenvalue weighted by Gasteiger charge is 2.40. The molecule has 5 nitrogen and oxygen atoms in total. The lowest BCUT2D eigenvalue weighted by atomic mass is 9.92. The Bertz CT molecular complexity index is 1070. The summed E-state index contributed by atoms with van der Waals surface area (Å²) in [5.41, 5.74) is 3.63. The minimum atomic E-state index is -1.00. The molecule has 1 atom stereocenters. The summed E-state index contributed by atoms with van der Waals surface area (Å²) in [5.74, 6) is 0.724. The molecule has 1 saturated heterocycles. The number of ether oxygens (including phenoxy) is 1. The highest BCUT2D eigenvalue weighted by molar-refractivity contribution is 6.08. The minimum absolute atomic E-state index is 0.0372. The van der Waals surface area contributed by atoms with Gasteiger partial charge < -0.3 is 19.3 Å². The lowest BCUT2D eigenvalue weighted by Crippen LogP contribution is -2.34. The van der Waals surface area contributed by atoms with Crippen LogP contribution in [0.5, 0.6) is 5.75 Å². The van der Waals surface area contributed by atoms with Gasteiger partial charge >= 0.3 is 0 Å². The number of hydrogen-bond acceptors (Lipinski definition) is 3. The van der Waals surface area contributed by atoms with E-state index in [0.29, 0.717) is 31.7 Å². The molecule has 1 aliphatic heterocycles. The van der Waals surface area contributed by atoms with Crippen LogP contribution in [0.25, 0.3) is 10.9 Å². The van der Waals surface area contributed by atoms with E-state index in [1.165, 1.54) is 0 Å². The van der Waals surface area contributed by atoms with E-state index < -0.39 is 5.60 Å². The van der Waals surface area contributed by atoms with Gasteiger partial charge in [0, 0.05) is 30.2 Å². The van der Waals surface area contributed by atoms with E-state index in [0.717, 1.165) is 33.5 Å². The van der Waals surface area contributed by atoms with Crippen LogP contribution in [0.4, 0.5) is 0 Å². The summed E-state index contributed by atoms with van der Waals surface area (Å²) >= 11 is 0. The molecule has 2 heterocycles. The third-order valence-corrected chi connectivity index (χ3v) is 6.11. The topological polar surface area (TPSA) is 54.7 Å². The molecule has 3 aromatic rings. The highest BCUT2D eigenvalue weighted by Crippen LogP contribution is 2.35. The smallest absolute Gasteiger partial charge is 0.256 e. The molecule has 2 aromatic carbocycles. The summed E-state index contributed by atoms with van der Waals surface area (Å²) in [4.78, 5) is 15.3. The number of carbonyl (C=O) groups is 1. The van der Waals surface area contributed by atoms with Crippen molar-refractivity contribution in [1.29, 1.82) is 0 Å². The lowest BCUT2D eigenvalue weighted by Gasteiger charge is -2.24. The molecule has 0 aliphatic carbocycles. The van der Waals surface area contributed by atoms with Crippen LogP contribution < -0.4 is 4.74 Å². The number of aliphatic hydroxyl groups is 1. The number of rotatable bonds is 4. The zero-order valence-corrected chi connectivity index (χ0v) is 17.5. The molecule has 152 valence electrons. The Morgan fingerprint density at radius 1 is 1.17 bits per heavy atom. The monoisotopic (exact) mass is 392 g/mol. The first-order chi connectivity index (χ1) is 13.8. The lowest BCUT2D eigenvalue weighted by molar-refractivity contribution is 0.0417. The van der Waals surface area contributed by atoms with E-state index in [1.54, 1.807) is 4.90 Å². The molecule has 1 unspecified atom stereocenters. The van der Waals surface area contributed by atoms with Crippen LogP contribution in [0.1, 0.15) is 40.5 Å². The van der Waals surface area contributed by atoms with E-state index >= 15 is 0 Å². The maximum absolute atomic E-state index is 13.5. The number of hydrogen-bond donors (Lipinski definition) is 1. The van der Waals surface area contributed by atoms with Crippen molar-refractivity contribution in [2.45, 2.75) is 32.8 Å². The van der Waals surface area contributed by atoms with Gasteiger partial charge in [-0.05, 0) is 51.0 Å². The summed E-state index contributed by atoms with van der Waals surface area (Å²) < 4.78 is 7.69. The van der Waals surface area contributed by atoms with Crippen LogP contribution in [0.3, 0.4) is 0 Å². The number of β-amino-alcohol motifs (C(OH)–C–C–N with tert-alkyl or cyclic N) is 1. The molecule has 0 radical (unpaired) electrons. The number of benzene rings is 2. The molecule has 1 amide bonds. The summed E-state index contributed by atoms with van der Waals surface area (Å²) in [6.45, 7) is 7.35. The van der Waals surface area contributed by atoms with Crippen LogP contribution >= 0.6 is 0 Å². The normalized spacial score (nSPS) is 19.1. The summed E-state index contributed by atoms with van der Waals surface area (Å²) in [6.07, 6.45) is 0.538. The average molecular weight is 392 g/mol. The Balaban J connectivity index is 1.68. The average Bonchev–Trinajstić information content (AvgIpc) is 3.22. The Morgan fingerprint density at radius 3 is 2.59 bits per heavy atom. The standard InChI is InChI=1S/C24H28N2O3/c1-5-29-19-10-11-21-20(14-19)22(17(3)25(21)4)23(27)26-13-12-24(28,15-26)18-8-6-16(2)7-9-18/h6-11,14,28H,5,12-13,15H2,1-4H3. The maximum atomic E-state index is 13.5. The molecule has 0 bridgehead atoms. The van der Waals surface area contributed by atoms with Crippen LogP contribution in [-0.4, -0.2) is 40.2 Å². The molecule has 1 N–H and O–H groups in total. The van der Waals surface area contributed by atoms with Gasteiger partial charge in [-0.3, -0.25) is 4.79 Å².